The quantitative estimate of drug-likeness (QED) is 0.224. The molecule has 0 saturated carbocycles. The Hall–Kier alpha value is 0.150. The van der Waals surface area contributed by atoms with Gasteiger partial charge >= 0.3 is 0 Å². The van der Waals surface area contributed by atoms with Crippen LogP contribution in [0.15, 0.2) is 0 Å². The standard InChI is InChI=1S/C23H53N4O3P/c1-19(2)26(20(3)4)31(27(21(5)6)22(7)8)30-23(17-28-15-13-24(9)10)18-29-16-14-25(11)12/h19-23H,13-18H2,1-12H3. The van der Waals surface area contributed by atoms with Crippen molar-refractivity contribution < 1.29 is 14.0 Å². The molecule has 0 heterocycles. The lowest BCUT2D eigenvalue weighted by Gasteiger charge is -2.46. The van der Waals surface area contributed by atoms with E-state index in [1.807, 2.05) is 0 Å². The van der Waals surface area contributed by atoms with E-state index in [9.17, 15) is 0 Å². The summed E-state index contributed by atoms with van der Waals surface area (Å²) >= 11 is 0. The molecule has 0 amide bonds. The summed E-state index contributed by atoms with van der Waals surface area (Å²) < 4.78 is 23.9. The molecule has 31 heavy (non-hydrogen) atoms. The second kappa shape index (κ2) is 16.7. The van der Waals surface area contributed by atoms with E-state index in [1.54, 1.807) is 0 Å². The number of rotatable bonds is 18. The Balaban J connectivity index is 5.52. The average molecular weight is 465 g/mol. The van der Waals surface area contributed by atoms with Crippen LogP contribution >= 0.6 is 8.45 Å². The molecular formula is C23H53N4O3P. The summed E-state index contributed by atoms with van der Waals surface area (Å²) in [5.41, 5.74) is 0. The smallest absolute Gasteiger partial charge is 0.189 e. The van der Waals surface area contributed by atoms with Crippen molar-refractivity contribution in [2.75, 3.05) is 67.7 Å². The second-order valence-corrected chi connectivity index (χ2v) is 11.5. The van der Waals surface area contributed by atoms with Gasteiger partial charge in [-0.1, -0.05) is 0 Å². The predicted octanol–water partition coefficient (Wildman–Crippen LogP) is 3.99. The summed E-state index contributed by atoms with van der Waals surface area (Å²) in [5.74, 6) is 0. The maximum atomic E-state index is 6.87. The molecule has 0 radical (unpaired) electrons. The van der Waals surface area contributed by atoms with Gasteiger partial charge in [-0.05, 0) is 83.6 Å². The van der Waals surface area contributed by atoms with E-state index in [-0.39, 0.29) is 6.10 Å². The summed E-state index contributed by atoms with van der Waals surface area (Å²) in [6.07, 6.45) is -0.101. The van der Waals surface area contributed by atoms with Gasteiger partial charge in [-0.15, -0.1) is 0 Å². The minimum atomic E-state index is -0.965. The van der Waals surface area contributed by atoms with Gasteiger partial charge in [0.15, 0.2) is 8.45 Å². The Labute approximate surface area is 195 Å². The van der Waals surface area contributed by atoms with Gasteiger partial charge in [0.1, 0.15) is 6.10 Å². The summed E-state index contributed by atoms with van der Waals surface area (Å²) in [7, 11) is 7.29. The molecule has 8 heteroatoms. The van der Waals surface area contributed by atoms with Gasteiger partial charge < -0.3 is 23.8 Å². The molecule has 0 bridgehead atoms. The van der Waals surface area contributed by atoms with Gasteiger partial charge in [0.2, 0.25) is 0 Å². The molecular weight excluding hydrogens is 411 g/mol. The van der Waals surface area contributed by atoms with Crippen molar-refractivity contribution in [1.82, 2.24) is 19.1 Å². The van der Waals surface area contributed by atoms with Gasteiger partial charge in [-0.2, -0.15) is 0 Å². The van der Waals surface area contributed by atoms with Gasteiger partial charge in [-0.25, -0.2) is 9.34 Å². The molecule has 0 fully saturated rings. The molecule has 0 aromatic heterocycles. The average Bonchev–Trinajstić information content (AvgIpc) is 2.60. The first-order valence-corrected chi connectivity index (χ1v) is 13.0. The van der Waals surface area contributed by atoms with E-state index in [0.29, 0.717) is 50.6 Å². The summed E-state index contributed by atoms with van der Waals surface area (Å²) in [6, 6.07) is 1.54. The van der Waals surface area contributed by atoms with Crippen LogP contribution in [0.3, 0.4) is 0 Å². The highest BCUT2D eigenvalue weighted by molar-refractivity contribution is 7.47. The molecule has 0 aliphatic carbocycles. The first-order valence-electron chi connectivity index (χ1n) is 11.9. The van der Waals surface area contributed by atoms with Crippen LogP contribution in [-0.2, 0) is 14.0 Å². The van der Waals surface area contributed by atoms with E-state index in [1.165, 1.54) is 0 Å². The van der Waals surface area contributed by atoms with Crippen LogP contribution in [0.2, 0.25) is 0 Å². The SMILES string of the molecule is CC(C)N(C(C)C)P(OC(COCCN(C)C)COCCN(C)C)N(C(C)C)C(C)C. The van der Waals surface area contributed by atoms with E-state index in [0.717, 1.165) is 13.1 Å². The molecule has 0 rings (SSSR count). The zero-order chi connectivity index (χ0) is 24.1. The van der Waals surface area contributed by atoms with E-state index >= 15 is 0 Å². The zero-order valence-corrected chi connectivity index (χ0v) is 23.5. The highest BCUT2D eigenvalue weighted by Crippen LogP contribution is 2.51. The Morgan fingerprint density at radius 3 is 1.16 bits per heavy atom. The maximum Gasteiger partial charge on any atom is 0.189 e. The molecule has 0 aromatic carbocycles. The third-order valence-electron chi connectivity index (χ3n) is 4.73. The Morgan fingerprint density at radius 1 is 0.581 bits per heavy atom. The number of likely N-dealkylation sites (N-methyl/N-ethyl adjacent to an activating group) is 2. The lowest BCUT2D eigenvalue weighted by molar-refractivity contribution is -0.0153. The van der Waals surface area contributed by atoms with Crippen molar-refractivity contribution in [1.29, 1.82) is 0 Å². The van der Waals surface area contributed by atoms with E-state index in [2.05, 4.69) is 103 Å². The van der Waals surface area contributed by atoms with Crippen LogP contribution in [0, 0.1) is 0 Å². The summed E-state index contributed by atoms with van der Waals surface area (Å²) in [4.78, 5) is 4.27. The highest BCUT2D eigenvalue weighted by Gasteiger charge is 2.36. The van der Waals surface area contributed by atoms with Crippen LogP contribution in [-0.4, -0.2) is 117 Å². The van der Waals surface area contributed by atoms with E-state index in [4.69, 9.17) is 14.0 Å². The van der Waals surface area contributed by atoms with Crippen molar-refractivity contribution in [2.24, 2.45) is 0 Å². The van der Waals surface area contributed by atoms with Crippen LogP contribution in [0.25, 0.3) is 0 Å². The van der Waals surface area contributed by atoms with E-state index < -0.39 is 8.45 Å². The summed E-state index contributed by atoms with van der Waals surface area (Å²) in [6.45, 7) is 22.3. The number of hydrogen-bond donors (Lipinski definition) is 0. The van der Waals surface area contributed by atoms with Gasteiger partial charge in [0.25, 0.3) is 0 Å². The third-order valence-corrected chi connectivity index (χ3v) is 7.85. The Kier molecular flexibility index (Phi) is 16.8. The topological polar surface area (TPSA) is 40.7 Å². The van der Waals surface area contributed by atoms with Gasteiger partial charge in [-0.3, -0.25) is 0 Å². The van der Waals surface area contributed by atoms with Crippen LogP contribution in [0.4, 0.5) is 0 Å². The fourth-order valence-corrected chi connectivity index (χ4v) is 5.80. The zero-order valence-electron chi connectivity index (χ0n) is 22.6. The molecule has 188 valence electrons. The molecule has 0 aromatic rings. The molecule has 0 N–H and O–H groups in total. The molecule has 0 aliphatic heterocycles. The summed E-state index contributed by atoms with van der Waals surface area (Å²) in [5, 5.41) is 0. The molecule has 0 saturated heterocycles. The minimum absolute atomic E-state index is 0.101. The van der Waals surface area contributed by atoms with Crippen molar-refractivity contribution in [3.63, 3.8) is 0 Å². The fourth-order valence-electron chi connectivity index (χ4n) is 3.38. The molecule has 7 nitrogen and oxygen atoms in total. The minimum Gasteiger partial charge on any atom is -0.377 e. The molecule has 0 unspecified atom stereocenters. The lowest BCUT2D eigenvalue weighted by atomic mass is 10.3. The van der Waals surface area contributed by atoms with Crippen molar-refractivity contribution in [2.45, 2.75) is 85.7 Å². The van der Waals surface area contributed by atoms with Crippen molar-refractivity contribution >= 4 is 8.45 Å². The van der Waals surface area contributed by atoms with Crippen molar-refractivity contribution in [3.8, 4) is 0 Å². The van der Waals surface area contributed by atoms with Crippen LogP contribution in [0.5, 0.6) is 0 Å². The normalized spacial score (nSPS) is 13.4. The molecule has 0 atom stereocenters. The number of nitrogens with zero attached hydrogens (tertiary/aromatic N) is 4. The molecule has 0 spiro atoms. The number of ether oxygens (including phenoxy) is 2. The van der Waals surface area contributed by atoms with Gasteiger partial charge in [0, 0.05) is 37.3 Å². The van der Waals surface area contributed by atoms with Crippen LogP contribution in [0.1, 0.15) is 55.4 Å². The monoisotopic (exact) mass is 464 g/mol. The van der Waals surface area contributed by atoms with Gasteiger partial charge in [0.05, 0.1) is 26.4 Å². The third kappa shape index (κ3) is 13.4. The molecule has 0 aliphatic rings. The Morgan fingerprint density at radius 2 is 0.903 bits per heavy atom. The van der Waals surface area contributed by atoms with Crippen molar-refractivity contribution in [3.05, 3.63) is 0 Å². The first-order chi connectivity index (χ1) is 14.4. The largest absolute Gasteiger partial charge is 0.377 e. The van der Waals surface area contributed by atoms with Crippen LogP contribution < -0.4 is 0 Å². The second-order valence-electron chi connectivity index (χ2n) is 9.87. The maximum absolute atomic E-state index is 6.87. The first kappa shape index (κ1) is 31.1. The Bertz CT molecular complexity index is 385. The fraction of sp³-hybridized carbons (Fsp3) is 1.00. The lowest BCUT2D eigenvalue weighted by Crippen LogP contribution is -2.45. The number of hydrogen-bond acceptors (Lipinski definition) is 7. The highest BCUT2D eigenvalue weighted by atomic mass is 31.2. The predicted molar refractivity (Wildman–Crippen MR) is 135 cm³/mol.